The molecule has 2 aliphatic rings. The second kappa shape index (κ2) is 11.2. The van der Waals surface area contributed by atoms with Crippen LogP contribution < -0.4 is 9.64 Å². The molecule has 42 heavy (non-hydrogen) atoms. The number of carbonyl (C=O) groups is 3. The summed E-state index contributed by atoms with van der Waals surface area (Å²) in [6, 6.07) is 28.7. The third-order valence-electron chi connectivity index (χ3n) is 8.30. The van der Waals surface area contributed by atoms with Gasteiger partial charge < -0.3 is 9.64 Å². The summed E-state index contributed by atoms with van der Waals surface area (Å²) in [5, 5.41) is 0. The number of methoxy groups -OCH3 is 1. The number of benzene rings is 4. The van der Waals surface area contributed by atoms with Crippen LogP contribution in [0.15, 0.2) is 102 Å². The molecular formula is C34H28BrFN2O4. The van der Waals surface area contributed by atoms with E-state index < -0.39 is 23.1 Å². The van der Waals surface area contributed by atoms with Gasteiger partial charge in [0.1, 0.15) is 11.6 Å². The third-order valence-corrected chi connectivity index (χ3v) is 8.83. The number of nitrogens with zero attached hydrogens (tertiary/aromatic N) is 2. The number of rotatable bonds is 8. The maximum Gasteiger partial charge on any atom is 0.239 e. The lowest BCUT2D eigenvalue weighted by Crippen LogP contribution is -2.49. The van der Waals surface area contributed by atoms with Gasteiger partial charge in [-0.2, -0.15) is 0 Å². The second-order valence-corrected chi connectivity index (χ2v) is 11.6. The molecule has 0 spiro atoms. The number of hydrogen-bond acceptors (Lipinski definition) is 4. The molecule has 2 heterocycles. The molecule has 1 saturated heterocycles. The molecule has 6 nitrogen and oxygen atoms in total. The van der Waals surface area contributed by atoms with Crippen LogP contribution in [-0.2, 0) is 39.3 Å². The van der Waals surface area contributed by atoms with Gasteiger partial charge in [-0.05, 0) is 47.4 Å². The van der Waals surface area contributed by atoms with Crippen LogP contribution in [0, 0.1) is 11.7 Å². The van der Waals surface area contributed by atoms with Gasteiger partial charge in [-0.25, -0.2) is 4.39 Å². The normalized spacial score (nSPS) is 19.9. The summed E-state index contributed by atoms with van der Waals surface area (Å²) in [7, 11) is 1.53. The number of anilines is 1. The Balaban J connectivity index is 1.48. The molecule has 2 atom stereocenters. The Morgan fingerprint density at radius 3 is 2.29 bits per heavy atom. The Morgan fingerprint density at radius 1 is 0.833 bits per heavy atom. The fourth-order valence-electron chi connectivity index (χ4n) is 6.32. The zero-order chi connectivity index (χ0) is 29.4. The van der Waals surface area contributed by atoms with Crippen LogP contribution in [-0.4, -0.2) is 29.7 Å². The number of likely N-dealkylation sites (tertiary alicyclic amines) is 1. The summed E-state index contributed by atoms with van der Waals surface area (Å²) in [6.45, 7) is 0.153. The zero-order valence-electron chi connectivity index (χ0n) is 22.9. The number of carbonyl (C=O) groups excluding carboxylic acids is 3. The first-order valence-electron chi connectivity index (χ1n) is 13.7. The van der Waals surface area contributed by atoms with Crippen LogP contribution in [0.3, 0.4) is 0 Å². The molecule has 212 valence electrons. The largest absolute Gasteiger partial charge is 0.496 e. The highest BCUT2D eigenvalue weighted by Crippen LogP contribution is 2.53. The number of ether oxygens (including phenoxy) is 1. The average molecular weight is 628 g/mol. The van der Waals surface area contributed by atoms with Crippen LogP contribution >= 0.6 is 15.9 Å². The summed E-state index contributed by atoms with van der Waals surface area (Å²) in [5.41, 5.74) is 1.41. The van der Waals surface area contributed by atoms with E-state index in [-0.39, 0.29) is 43.4 Å². The number of imide groups is 1. The van der Waals surface area contributed by atoms with E-state index in [4.69, 9.17) is 4.74 Å². The fraction of sp³-hybridized carbons (Fsp3) is 0.206. The van der Waals surface area contributed by atoms with Crippen LogP contribution in [0.25, 0.3) is 0 Å². The molecule has 0 bridgehead atoms. The Kier molecular flexibility index (Phi) is 7.41. The predicted octanol–water partition coefficient (Wildman–Crippen LogP) is 6.20. The van der Waals surface area contributed by atoms with E-state index in [1.54, 1.807) is 24.3 Å². The topological polar surface area (TPSA) is 66.9 Å². The first kappa shape index (κ1) is 27.8. The molecule has 1 fully saturated rings. The highest BCUT2D eigenvalue weighted by molar-refractivity contribution is 9.10. The van der Waals surface area contributed by atoms with Crippen molar-refractivity contribution in [3.05, 3.63) is 130 Å². The molecule has 6 rings (SSSR count). The molecule has 0 radical (unpaired) electrons. The molecule has 2 aliphatic heterocycles. The number of amides is 3. The van der Waals surface area contributed by atoms with E-state index in [9.17, 15) is 14.4 Å². The van der Waals surface area contributed by atoms with Crippen molar-refractivity contribution in [2.45, 2.75) is 31.3 Å². The maximum absolute atomic E-state index is 15.7. The predicted molar refractivity (Wildman–Crippen MR) is 160 cm³/mol. The van der Waals surface area contributed by atoms with E-state index in [0.717, 1.165) is 15.6 Å². The lowest BCUT2D eigenvalue weighted by molar-refractivity contribution is -0.142. The minimum Gasteiger partial charge on any atom is -0.496 e. The van der Waals surface area contributed by atoms with Crippen LogP contribution in [0.1, 0.15) is 28.7 Å². The SMILES string of the molecule is COc1ccccc1CN1C(=O)C[C@H]([C@]2(Cc3ccc(Br)cc3)C(=O)N(Cc3ccccc3)c3c(F)cccc32)C1=O. The number of fused-ring (bicyclic) bond motifs is 1. The molecular weight excluding hydrogens is 599 g/mol. The molecule has 0 saturated carbocycles. The Labute approximate surface area is 251 Å². The van der Waals surface area contributed by atoms with Crippen LogP contribution in [0.2, 0.25) is 0 Å². The number of halogens is 2. The molecule has 0 aromatic heterocycles. The smallest absolute Gasteiger partial charge is 0.239 e. The van der Waals surface area contributed by atoms with Crippen molar-refractivity contribution in [1.82, 2.24) is 4.90 Å². The van der Waals surface area contributed by atoms with E-state index >= 15 is 4.39 Å². The lowest BCUT2D eigenvalue weighted by Gasteiger charge is -2.33. The number of hydrogen-bond donors (Lipinski definition) is 0. The standard InChI is InChI=1S/C34H28BrFN2O4/c1-42-29-13-6-5-10-24(29)21-37-30(39)18-27(32(37)40)34(19-22-14-16-25(35)17-15-22)26-11-7-12-28(36)31(26)38(33(34)41)20-23-8-3-2-4-9-23/h2-17,27H,18-21H2,1H3/t27-,34+/m0/s1. The molecule has 0 N–H and O–H groups in total. The second-order valence-electron chi connectivity index (χ2n) is 10.7. The van der Waals surface area contributed by atoms with E-state index in [0.29, 0.717) is 16.9 Å². The van der Waals surface area contributed by atoms with Gasteiger partial charge in [0.25, 0.3) is 0 Å². The highest BCUT2D eigenvalue weighted by atomic mass is 79.9. The molecule has 3 amide bonds. The van der Waals surface area contributed by atoms with E-state index in [2.05, 4.69) is 15.9 Å². The quantitative estimate of drug-likeness (QED) is 0.218. The molecule has 0 unspecified atom stereocenters. The molecule has 0 aliphatic carbocycles. The Bertz CT molecular complexity index is 1680. The molecule has 8 heteroatoms. The number of para-hydroxylation sites is 2. The Hall–Kier alpha value is -4.30. The fourth-order valence-corrected chi connectivity index (χ4v) is 6.58. The first-order chi connectivity index (χ1) is 20.3. The van der Waals surface area contributed by atoms with Crippen molar-refractivity contribution in [2.75, 3.05) is 12.0 Å². The highest BCUT2D eigenvalue weighted by Gasteiger charge is 2.62. The van der Waals surface area contributed by atoms with Crippen molar-refractivity contribution in [2.24, 2.45) is 5.92 Å². The Morgan fingerprint density at radius 2 is 1.55 bits per heavy atom. The average Bonchev–Trinajstić information content (AvgIpc) is 3.41. The summed E-state index contributed by atoms with van der Waals surface area (Å²) in [6.07, 6.45) is -0.0293. The van der Waals surface area contributed by atoms with Crippen molar-refractivity contribution in [3.8, 4) is 5.75 Å². The first-order valence-corrected chi connectivity index (χ1v) is 14.5. The van der Waals surface area contributed by atoms with Gasteiger partial charge in [-0.3, -0.25) is 19.3 Å². The van der Waals surface area contributed by atoms with Crippen molar-refractivity contribution < 1.29 is 23.5 Å². The van der Waals surface area contributed by atoms with Crippen LogP contribution in [0.4, 0.5) is 10.1 Å². The van der Waals surface area contributed by atoms with Gasteiger partial charge in [0, 0.05) is 16.5 Å². The van der Waals surface area contributed by atoms with Gasteiger partial charge >= 0.3 is 0 Å². The maximum atomic E-state index is 15.7. The third kappa shape index (κ3) is 4.69. The van der Waals surface area contributed by atoms with Crippen molar-refractivity contribution >= 4 is 39.3 Å². The van der Waals surface area contributed by atoms with Gasteiger partial charge in [0.15, 0.2) is 0 Å². The van der Waals surface area contributed by atoms with Gasteiger partial charge in [0.2, 0.25) is 17.7 Å². The minimum absolute atomic E-state index is 0.0183. The summed E-state index contributed by atoms with van der Waals surface area (Å²) < 4.78 is 22.0. The van der Waals surface area contributed by atoms with Crippen molar-refractivity contribution in [3.63, 3.8) is 0 Å². The summed E-state index contributed by atoms with van der Waals surface area (Å²) in [5.74, 6) is -2.22. The van der Waals surface area contributed by atoms with Crippen LogP contribution in [0.5, 0.6) is 5.75 Å². The summed E-state index contributed by atoms with van der Waals surface area (Å²) in [4.78, 5) is 45.2. The monoisotopic (exact) mass is 626 g/mol. The zero-order valence-corrected chi connectivity index (χ0v) is 24.5. The van der Waals surface area contributed by atoms with E-state index in [1.807, 2.05) is 66.7 Å². The molecule has 4 aromatic rings. The lowest BCUT2D eigenvalue weighted by atomic mass is 9.66. The van der Waals surface area contributed by atoms with Gasteiger partial charge in [-0.15, -0.1) is 0 Å². The van der Waals surface area contributed by atoms with E-state index in [1.165, 1.54) is 23.0 Å². The van der Waals surface area contributed by atoms with Gasteiger partial charge in [-0.1, -0.05) is 88.7 Å². The summed E-state index contributed by atoms with van der Waals surface area (Å²) >= 11 is 3.46. The minimum atomic E-state index is -1.48. The van der Waals surface area contributed by atoms with Crippen molar-refractivity contribution in [1.29, 1.82) is 0 Å². The molecule has 4 aromatic carbocycles. The van der Waals surface area contributed by atoms with Gasteiger partial charge in [0.05, 0.1) is 37.2 Å².